The minimum atomic E-state index is 0.419. The number of likely N-dealkylation sites (N-methyl/N-ethyl adjacent to an activating group) is 2. The molecule has 1 saturated heterocycles. The first kappa shape index (κ1) is 14.2. The zero-order chi connectivity index (χ0) is 14.1. The third-order valence-corrected chi connectivity index (χ3v) is 5.27. The molecule has 5 heteroatoms. The van der Waals surface area contributed by atoms with Gasteiger partial charge in [0.1, 0.15) is 5.01 Å². The number of thiazole rings is 1. The van der Waals surface area contributed by atoms with E-state index in [0.717, 1.165) is 29.8 Å². The van der Waals surface area contributed by atoms with E-state index >= 15 is 0 Å². The quantitative estimate of drug-likeness (QED) is 0.825. The first-order chi connectivity index (χ1) is 9.63. The molecule has 3 nitrogen and oxygen atoms in total. The number of benzene rings is 1. The van der Waals surface area contributed by atoms with Crippen LogP contribution < -0.4 is 0 Å². The summed E-state index contributed by atoms with van der Waals surface area (Å²) >= 11 is 5.24. The van der Waals surface area contributed by atoms with Crippen molar-refractivity contribution < 1.29 is 0 Å². The molecular formula is C15H18BrN3S. The fraction of sp³-hybridized carbons (Fsp3) is 0.400. The molecular weight excluding hydrogens is 334 g/mol. The van der Waals surface area contributed by atoms with Gasteiger partial charge in [0.15, 0.2) is 0 Å². The summed E-state index contributed by atoms with van der Waals surface area (Å²) in [6.45, 7) is 3.30. The van der Waals surface area contributed by atoms with Crippen LogP contribution in [0.3, 0.4) is 0 Å². The van der Waals surface area contributed by atoms with Crippen molar-refractivity contribution in [2.24, 2.45) is 0 Å². The fourth-order valence-electron chi connectivity index (χ4n) is 2.47. The maximum Gasteiger partial charge on any atom is 0.112 e. The average molecular weight is 352 g/mol. The highest BCUT2D eigenvalue weighted by atomic mass is 79.9. The lowest BCUT2D eigenvalue weighted by atomic mass is 10.1. The lowest BCUT2D eigenvalue weighted by Gasteiger charge is -2.36. The van der Waals surface area contributed by atoms with Gasteiger partial charge in [-0.3, -0.25) is 4.90 Å². The van der Waals surface area contributed by atoms with E-state index in [1.807, 2.05) is 0 Å². The van der Waals surface area contributed by atoms with Gasteiger partial charge in [-0.05, 0) is 26.2 Å². The molecule has 1 aromatic heterocycles. The third-order valence-electron chi connectivity index (χ3n) is 3.80. The SMILES string of the molecule is CN1CCN(C)C(c2nc(-c3ccc(Br)cc3)cs2)C1. The number of piperazine rings is 1. The number of nitrogens with zero attached hydrogens (tertiary/aromatic N) is 3. The van der Waals surface area contributed by atoms with Crippen molar-refractivity contribution in [1.82, 2.24) is 14.8 Å². The van der Waals surface area contributed by atoms with Crippen LogP contribution in [-0.2, 0) is 0 Å². The molecule has 1 unspecified atom stereocenters. The van der Waals surface area contributed by atoms with Crippen LogP contribution in [0.5, 0.6) is 0 Å². The Balaban J connectivity index is 1.84. The zero-order valence-corrected chi connectivity index (χ0v) is 14.1. The van der Waals surface area contributed by atoms with E-state index in [1.165, 1.54) is 10.6 Å². The van der Waals surface area contributed by atoms with Crippen LogP contribution in [-0.4, -0.2) is 48.5 Å². The van der Waals surface area contributed by atoms with Gasteiger partial charge in [-0.25, -0.2) is 4.98 Å². The molecule has 0 aliphatic carbocycles. The first-order valence-electron chi connectivity index (χ1n) is 6.73. The molecule has 3 rings (SSSR count). The highest BCUT2D eigenvalue weighted by Gasteiger charge is 2.26. The number of halogens is 1. The molecule has 20 heavy (non-hydrogen) atoms. The van der Waals surface area contributed by atoms with Crippen molar-refractivity contribution in [3.8, 4) is 11.3 Å². The molecule has 1 atom stereocenters. The summed E-state index contributed by atoms with van der Waals surface area (Å²) in [7, 11) is 4.38. The summed E-state index contributed by atoms with van der Waals surface area (Å²) in [5.74, 6) is 0. The van der Waals surface area contributed by atoms with Crippen LogP contribution in [0.4, 0.5) is 0 Å². The highest BCUT2D eigenvalue weighted by molar-refractivity contribution is 9.10. The van der Waals surface area contributed by atoms with Gasteiger partial charge in [0.2, 0.25) is 0 Å². The van der Waals surface area contributed by atoms with E-state index < -0.39 is 0 Å². The molecule has 1 aromatic carbocycles. The van der Waals surface area contributed by atoms with Gasteiger partial charge in [-0.15, -0.1) is 11.3 Å². The van der Waals surface area contributed by atoms with E-state index in [2.05, 4.69) is 69.5 Å². The zero-order valence-electron chi connectivity index (χ0n) is 11.7. The molecule has 0 N–H and O–H groups in total. The maximum atomic E-state index is 4.85. The van der Waals surface area contributed by atoms with Crippen molar-refractivity contribution in [3.05, 3.63) is 39.1 Å². The molecule has 2 aromatic rings. The normalized spacial score (nSPS) is 21.2. The van der Waals surface area contributed by atoms with E-state index in [4.69, 9.17) is 4.98 Å². The van der Waals surface area contributed by atoms with E-state index in [9.17, 15) is 0 Å². The van der Waals surface area contributed by atoms with Crippen molar-refractivity contribution in [2.45, 2.75) is 6.04 Å². The molecule has 0 spiro atoms. The Morgan fingerprint density at radius 1 is 1.20 bits per heavy atom. The Morgan fingerprint density at radius 2 is 1.95 bits per heavy atom. The highest BCUT2D eigenvalue weighted by Crippen LogP contribution is 2.30. The molecule has 0 bridgehead atoms. The summed E-state index contributed by atoms with van der Waals surface area (Å²) < 4.78 is 1.10. The smallest absolute Gasteiger partial charge is 0.112 e. The predicted molar refractivity (Wildman–Crippen MR) is 88.1 cm³/mol. The Morgan fingerprint density at radius 3 is 2.70 bits per heavy atom. The van der Waals surface area contributed by atoms with Crippen LogP contribution in [0.2, 0.25) is 0 Å². The summed E-state index contributed by atoms with van der Waals surface area (Å²) in [5, 5.41) is 3.39. The second-order valence-electron chi connectivity index (χ2n) is 5.34. The van der Waals surface area contributed by atoms with Crippen molar-refractivity contribution in [1.29, 1.82) is 0 Å². The number of hydrogen-bond donors (Lipinski definition) is 0. The number of rotatable bonds is 2. The first-order valence-corrected chi connectivity index (χ1v) is 8.41. The van der Waals surface area contributed by atoms with E-state index in [0.29, 0.717) is 6.04 Å². The van der Waals surface area contributed by atoms with Crippen LogP contribution in [0.1, 0.15) is 11.0 Å². The Hall–Kier alpha value is -0.750. The molecule has 1 aliphatic rings. The Bertz CT molecular complexity index is 581. The minimum Gasteiger partial charge on any atom is -0.303 e. The van der Waals surface area contributed by atoms with Crippen LogP contribution in [0, 0.1) is 0 Å². The summed E-state index contributed by atoms with van der Waals surface area (Å²) in [5.41, 5.74) is 2.27. The largest absolute Gasteiger partial charge is 0.303 e. The lowest BCUT2D eigenvalue weighted by molar-refractivity contribution is 0.115. The van der Waals surface area contributed by atoms with Gasteiger partial charge < -0.3 is 4.90 Å². The molecule has 2 heterocycles. The second-order valence-corrected chi connectivity index (χ2v) is 7.14. The van der Waals surface area contributed by atoms with Crippen molar-refractivity contribution in [2.75, 3.05) is 33.7 Å². The molecule has 0 saturated carbocycles. The van der Waals surface area contributed by atoms with Crippen molar-refractivity contribution in [3.63, 3.8) is 0 Å². The fourth-order valence-corrected chi connectivity index (χ4v) is 3.72. The minimum absolute atomic E-state index is 0.419. The average Bonchev–Trinajstić information content (AvgIpc) is 2.92. The van der Waals surface area contributed by atoms with Crippen molar-refractivity contribution >= 4 is 27.3 Å². The maximum absolute atomic E-state index is 4.85. The monoisotopic (exact) mass is 351 g/mol. The molecule has 1 fully saturated rings. The summed E-state index contributed by atoms with van der Waals surface area (Å²) in [4.78, 5) is 9.64. The Labute approximate surface area is 132 Å². The third kappa shape index (κ3) is 2.96. The lowest BCUT2D eigenvalue weighted by Crippen LogP contribution is -2.44. The van der Waals surface area contributed by atoms with Gasteiger partial charge in [0.25, 0.3) is 0 Å². The van der Waals surface area contributed by atoms with Gasteiger partial charge in [-0.2, -0.15) is 0 Å². The predicted octanol–water partition coefficient (Wildman–Crippen LogP) is 3.49. The van der Waals surface area contributed by atoms with E-state index in [-0.39, 0.29) is 0 Å². The van der Waals surface area contributed by atoms with Crippen LogP contribution in [0.15, 0.2) is 34.1 Å². The number of aromatic nitrogens is 1. The molecule has 0 amide bonds. The van der Waals surface area contributed by atoms with Gasteiger partial charge in [0, 0.05) is 35.1 Å². The topological polar surface area (TPSA) is 19.4 Å². The number of hydrogen-bond acceptors (Lipinski definition) is 4. The molecule has 1 aliphatic heterocycles. The standard InChI is InChI=1S/C15H18BrN3S/c1-18-7-8-19(2)14(9-18)15-17-13(10-20-15)11-3-5-12(16)6-4-11/h3-6,10,14H,7-9H2,1-2H3. The summed E-state index contributed by atoms with van der Waals surface area (Å²) in [6.07, 6.45) is 0. The molecule has 0 radical (unpaired) electrons. The Kier molecular flexibility index (Phi) is 4.21. The summed E-state index contributed by atoms with van der Waals surface area (Å²) in [6, 6.07) is 8.77. The van der Waals surface area contributed by atoms with Gasteiger partial charge in [-0.1, -0.05) is 28.1 Å². The van der Waals surface area contributed by atoms with Crippen LogP contribution >= 0.6 is 27.3 Å². The van der Waals surface area contributed by atoms with Crippen LogP contribution in [0.25, 0.3) is 11.3 Å². The van der Waals surface area contributed by atoms with E-state index in [1.54, 1.807) is 11.3 Å². The van der Waals surface area contributed by atoms with Gasteiger partial charge >= 0.3 is 0 Å². The molecule has 106 valence electrons. The van der Waals surface area contributed by atoms with Gasteiger partial charge in [0.05, 0.1) is 11.7 Å². The second kappa shape index (κ2) is 5.93.